The highest BCUT2D eigenvalue weighted by Crippen LogP contribution is 2.20. The Bertz CT molecular complexity index is 601. The summed E-state index contributed by atoms with van der Waals surface area (Å²) >= 11 is 0. The number of amides is 1. The van der Waals surface area contributed by atoms with E-state index in [1.54, 1.807) is 0 Å². The number of aromatic amines is 1. The first-order chi connectivity index (χ1) is 9.76. The van der Waals surface area contributed by atoms with E-state index in [2.05, 4.69) is 26.8 Å². The summed E-state index contributed by atoms with van der Waals surface area (Å²) in [6.07, 6.45) is 3.36. The molecule has 3 rings (SSSR count). The first-order valence-electron chi connectivity index (χ1n) is 6.89. The number of carbonyl (C=O) groups is 1. The van der Waals surface area contributed by atoms with E-state index in [0.29, 0.717) is 0 Å². The third kappa shape index (κ3) is 2.52. The van der Waals surface area contributed by atoms with Gasteiger partial charge in [-0.2, -0.15) is 0 Å². The number of aromatic nitrogens is 2. The molecule has 1 fully saturated rings. The van der Waals surface area contributed by atoms with Crippen molar-refractivity contribution in [3.63, 3.8) is 0 Å². The Morgan fingerprint density at radius 3 is 3.15 bits per heavy atom. The van der Waals surface area contributed by atoms with E-state index in [-0.39, 0.29) is 11.9 Å². The zero-order valence-corrected chi connectivity index (χ0v) is 11.3. The van der Waals surface area contributed by atoms with Crippen molar-refractivity contribution in [2.45, 2.75) is 18.9 Å². The summed E-state index contributed by atoms with van der Waals surface area (Å²) in [4.78, 5) is 21.5. The average Bonchev–Trinajstić information content (AvgIpc) is 2.91. The van der Waals surface area contributed by atoms with Crippen LogP contribution in [0.15, 0.2) is 36.9 Å². The number of nitrogens with zero attached hydrogens (tertiary/aromatic N) is 2. The number of benzene rings is 1. The number of hydrogen-bond donors (Lipinski definition) is 2. The summed E-state index contributed by atoms with van der Waals surface area (Å²) in [6.45, 7) is 5.22. The second-order valence-electron chi connectivity index (χ2n) is 5.08. The standard InChI is InChI=1S/C15H18N4O/c1-2-14(20)16-11-6-5-9-19(10-11)15-17-12-7-3-4-8-13(12)18-15/h2-4,7-8,11H,1,5-6,9-10H2,(H,16,20)(H,17,18). The van der Waals surface area contributed by atoms with Crippen molar-refractivity contribution in [1.29, 1.82) is 0 Å². The van der Waals surface area contributed by atoms with E-state index in [4.69, 9.17) is 0 Å². The number of carbonyl (C=O) groups excluding carboxylic acids is 1. The summed E-state index contributed by atoms with van der Waals surface area (Å²) in [5.74, 6) is 0.769. The van der Waals surface area contributed by atoms with Crippen LogP contribution in [0, 0.1) is 0 Å². The van der Waals surface area contributed by atoms with Crippen molar-refractivity contribution in [3.05, 3.63) is 36.9 Å². The molecule has 1 aromatic heterocycles. The Morgan fingerprint density at radius 1 is 1.50 bits per heavy atom. The molecule has 0 aliphatic carbocycles. The van der Waals surface area contributed by atoms with E-state index in [9.17, 15) is 4.79 Å². The third-order valence-electron chi connectivity index (χ3n) is 3.63. The Balaban J connectivity index is 1.75. The van der Waals surface area contributed by atoms with Gasteiger partial charge in [0, 0.05) is 19.1 Å². The van der Waals surface area contributed by atoms with Crippen molar-refractivity contribution < 1.29 is 4.79 Å². The lowest BCUT2D eigenvalue weighted by molar-refractivity contribution is -0.117. The molecule has 1 saturated heterocycles. The van der Waals surface area contributed by atoms with E-state index in [1.165, 1.54) is 6.08 Å². The lowest BCUT2D eigenvalue weighted by Crippen LogP contribution is -2.47. The molecule has 2 heterocycles. The molecule has 104 valence electrons. The van der Waals surface area contributed by atoms with E-state index < -0.39 is 0 Å². The summed E-state index contributed by atoms with van der Waals surface area (Å²) in [5.41, 5.74) is 2.01. The summed E-state index contributed by atoms with van der Waals surface area (Å²) < 4.78 is 0. The quantitative estimate of drug-likeness (QED) is 0.837. The lowest BCUT2D eigenvalue weighted by atomic mass is 10.1. The Kier molecular flexibility index (Phi) is 3.41. The highest BCUT2D eigenvalue weighted by molar-refractivity contribution is 5.87. The highest BCUT2D eigenvalue weighted by Gasteiger charge is 2.22. The van der Waals surface area contributed by atoms with Crippen LogP contribution in [0.2, 0.25) is 0 Å². The van der Waals surface area contributed by atoms with Gasteiger partial charge in [0.25, 0.3) is 0 Å². The molecule has 20 heavy (non-hydrogen) atoms. The van der Waals surface area contributed by atoms with Crippen molar-refractivity contribution >= 4 is 22.9 Å². The van der Waals surface area contributed by atoms with Crippen LogP contribution in [-0.4, -0.2) is 35.0 Å². The predicted octanol–water partition coefficient (Wildman–Crippen LogP) is 1.83. The molecule has 1 unspecified atom stereocenters. The largest absolute Gasteiger partial charge is 0.348 e. The van der Waals surface area contributed by atoms with Crippen molar-refractivity contribution in [2.24, 2.45) is 0 Å². The SMILES string of the molecule is C=CC(=O)NC1CCCN(c2nc3ccccc3[nH]2)C1. The molecule has 5 nitrogen and oxygen atoms in total. The van der Waals surface area contributed by atoms with Crippen LogP contribution in [0.4, 0.5) is 5.95 Å². The van der Waals surface area contributed by atoms with Crippen molar-refractivity contribution in [2.75, 3.05) is 18.0 Å². The number of rotatable bonds is 3. The number of anilines is 1. The zero-order chi connectivity index (χ0) is 13.9. The van der Waals surface area contributed by atoms with Gasteiger partial charge in [0.05, 0.1) is 11.0 Å². The Labute approximate surface area is 117 Å². The van der Waals surface area contributed by atoms with Gasteiger partial charge in [-0.15, -0.1) is 0 Å². The topological polar surface area (TPSA) is 61.0 Å². The van der Waals surface area contributed by atoms with Crippen molar-refractivity contribution in [3.8, 4) is 0 Å². The number of fused-ring (bicyclic) bond motifs is 1. The second kappa shape index (κ2) is 5.36. The summed E-state index contributed by atoms with van der Waals surface area (Å²) in [7, 11) is 0. The first kappa shape index (κ1) is 12.7. The molecule has 1 amide bonds. The van der Waals surface area contributed by atoms with Gasteiger partial charge in [-0.25, -0.2) is 4.98 Å². The molecular weight excluding hydrogens is 252 g/mol. The molecule has 5 heteroatoms. The second-order valence-corrected chi connectivity index (χ2v) is 5.08. The maximum atomic E-state index is 11.4. The summed E-state index contributed by atoms with van der Waals surface area (Å²) in [6, 6.07) is 8.15. The number of hydrogen-bond acceptors (Lipinski definition) is 3. The smallest absolute Gasteiger partial charge is 0.243 e. The number of para-hydroxylation sites is 2. The minimum absolute atomic E-state index is 0.110. The van der Waals surface area contributed by atoms with Crippen LogP contribution >= 0.6 is 0 Å². The van der Waals surface area contributed by atoms with Crippen LogP contribution in [0.5, 0.6) is 0 Å². The van der Waals surface area contributed by atoms with Crippen LogP contribution < -0.4 is 10.2 Å². The van der Waals surface area contributed by atoms with Crippen LogP contribution in [0.1, 0.15) is 12.8 Å². The number of nitrogens with one attached hydrogen (secondary N) is 2. The van der Waals surface area contributed by atoms with Gasteiger partial charge in [-0.3, -0.25) is 4.79 Å². The van der Waals surface area contributed by atoms with Crippen molar-refractivity contribution in [1.82, 2.24) is 15.3 Å². The zero-order valence-electron chi connectivity index (χ0n) is 11.3. The number of piperidine rings is 1. The van der Waals surface area contributed by atoms with Crippen LogP contribution in [0.3, 0.4) is 0 Å². The fraction of sp³-hybridized carbons (Fsp3) is 0.333. The molecule has 0 spiro atoms. The Hall–Kier alpha value is -2.30. The van der Waals surface area contributed by atoms with Crippen LogP contribution in [0.25, 0.3) is 11.0 Å². The number of H-pyrrole nitrogens is 1. The monoisotopic (exact) mass is 270 g/mol. The molecule has 1 atom stereocenters. The minimum Gasteiger partial charge on any atom is -0.348 e. The normalized spacial score (nSPS) is 19.0. The van der Waals surface area contributed by atoms with Crippen LogP contribution in [-0.2, 0) is 4.79 Å². The third-order valence-corrected chi connectivity index (χ3v) is 3.63. The maximum Gasteiger partial charge on any atom is 0.243 e. The van der Waals surface area contributed by atoms with Gasteiger partial charge in [-0.05, 0) is 31.1 Å². The van der Waals surface area contributed by atoms with Gasteiger partial charge in [-0.1, -0.05) is 18.7 Å². The molecular formula is C15H18N4O. The summed E-state index contributed by atoms with van der Waals surface area (Å²) in [5, 5.41) is 2.96. The average molecular weight is 270 g/mol. The maximum absolute atomic E-state index is 11.4. The van der Waals surface area contributed by atoms with E-state index in [0.717, 1.165) is 42.9 Å². The molecule has 0 saturated carbocycles. The lowest BCUT2D eigenvalue weighted by Gasteiger charge is -2.32. The molecule has 2 aromatic rings. The molecule has 1 aliphatic heterocycles. The Morgan fingerprint density at radius 2 is 2.35 bits per heavy atom. The molecule has 2 N–H and O–H groups in total. The fourth-order valence-electron chi connectivity index (χ4n) is 2.64. The molecule has 0 radical (unpaired) electrons. The fourth-order valence-corrected chi connectivity index (χ4v) is 2.64. The highest BCUT2D eigenvalue weighted by atomic mass is 16.1. The minimum atomic E-state index is -0.110. The molecule has 1 aliphatic rings. The van der Waals surface area contributed by atoms with E-state index >= 15 is 0 Å². The number of imidazole rings is 1. The molecule has 0 bridgehead atoms. The molecule has 1 aromatic carbocycles. The van der Waals surface area contributed by atoms with Gasteiger partial charge in [0.1, 0.15) is 0 Å². The van der Waals surface area contributed by atoms with E-state index in [1.807, 2.05) is 24.3 Å². The van der Waals surface area contributed by atoms with Gasteiger partial charge in [0.2, 0.25) is 11.9 Å². The van der Waals surface area contributed by atoms with Gasteiger partial charge < -0.3 is 15.2 Å². The predicted molar refractivity (Wildman–Crippen MR) is 79.7 cm³/mol. The van der Waals surface area contributed by atoms with Gasteiger partial charge >= 0.3 is 0 Å². The first-order valence-corrected chi connectivity index (χ1v) is 6.89. The van der Waals surface area contributed by atoms with Gasteiger partial charge in [0.15, 0.2) is 0 Å².